The zero-order valence-corrected chi connectivity index (χ0v) is 19.1. The number of carbonyl (C=O) groups is 2. The Bertz CT molecular complexity index is 1190. The molecular formula is C25H26N4O5. The van der Waals surface area contributed by atoms with E-state index in [-0.39, 0.29) is 29.8 Å². The van der Waals surface area contributed by atoms with Gasteiger partial charge < -0.3 is 14.6 Å². The summed E-state index contributed by atoms with van der Waals surface area (Å²) in [4.78, 5) is 39.5. The summed E-state index contributed by atoms with van der Waals surface area (Å²) in [6, 6.07) is 15.2. The molecule has 4 rings (SSSR count). The number of para-hydroxylation sites is 1. The van der Waals surface area contributed by atoms with Crippen LogP contribution in [0.15, 0.2) is 59.0 Å². The van der Waals surface area contributed by atoms with Crippen molar-refractivity contribution >= 4 is 23.2 Å². The van der Waals surface area contributed by atoms with Gasteiger partial charge in [0, 0.05) is 49.6 Å². The normalized spacial score (nSPS) is 14.1. The van der Waals surface area contributed by atoms with Gasteiger partial charge in [-0.3, -0.25) is 24.6 Å². The first-order valence-corrected chi connectivity index (χ1v) is 11.0. The molecular weight excluding hydrogens is 436 g/mol. The molecule has 176 valence electrons. The lowest BCUT2D eigenvalue weighted by Gasteiger charge is -2.33. The van der Waals surface area contributed by atoms with Gasteiger partial charge in [-0.05, 0) is 49.2 Å². The monoisotopic (exact) mass is 462 g/mol. The minimum absolute atomic E-state index is 0.00723. The number of aryl methyl sites for hydroxylation is 2. The number of nitrogens with one attached hydrogen (secondary N) is 1. The van der Waals surface area contributed by atoms with Crippen LogP contribution in [0.3, 0.4) is 0 Å². The molecule has 1 fully saturated rings. The zero-order chi connectivity index (χ0) is 24.2. The second-order valence-corrected chi connectivity index (χ2v) is 8.35. The van der Waals surface area contributed by atoms with E-state index in [9.17, 15) is 19.7 Å². The average Bonchev–Trinajstić information content (AvgIpc) is 3.32. The molecule has 0 aliphatic carbocycles. The van der Waals surface area contributed by atoms with Crippen LogP contribution in [-0.4, -0.2) is 59.3 Å². The molecule has 9 heteroatoms. The molecule has 0 saturated carbocycles. The van der Waals surface area contributed by atoms with Crippen molar-refractivity contribution in [3.05, 3.63) is 81.6 Å². The number of rotatable bonds is 6. The van der Waals surface area contributed by atoms with E-state index in [2.05, 4.69) is 5.32 Å². The minimum atomic E-state index is -0.464. The second-order valence-electron chi connectivity index (χ2n) is 8.35. The molecule has 34 heavy (non-hydrogen) atoms. The van der Waals surface area contributed by atoms with Gasteiger partial charge in [-0.15, -0.1) is 0 Å². The number of hydrogen-bond acceptors (Lipinski definition) is 6. The summed E-state index contributed by atoms with van der Waals surface area (Å²) in [6.45, 7) is 6.35. The van der Waals surface area contributed by atoms with E-state index in [0.717, 1.165) is 16.8 Å². The standard InChI is InChI=1S/C25H26N4O5/c1-17-4-3-5-18(2)24(17)26-23(30)16-27-12-14-28(15-13-27)25(31)22-11-10-21(34-22)19-6-8-20(9-7-19)29(32)33/h3-11H,12-16H2,1-2H3,(H,26,30). The van der Waals surface area contributed by atoms with Crippen molar-refractivity contribution in [2.75, 3.05) is 38.0 Å². The van der Waals surface area contributed by atoms with E-state index in [4.69, 9.17) is 4.42 Å². The summed E-state index contributed by atoms with van der Waals surface area (Å²) in [7, 11) is 0. The first kappa shape index (κ1) is 23.2. The van der Waals surface area contributed by atoms with Crippen LogP contribution in [-0.2, 0) is 4.79 Å². The molecule has 9 nitrogen and oxygen atoms in total. The third-order valence-corrected chi connectivity index (χ3v) is 5.95. The molecule has 0 radical (unpaired) electrons. The van der Waals surface area contributed by atoms with E-state index in [1.165, 1.54) is 12.1 Å². The summed E-state index contributed by atoms with van der Waals surface area (Å²) >= 11 is 0. The molecule has 1 aromatic heterocycles. The Morgan fingerprint density at radius 2 is 1.62 bits per heavy atom. The molecule has 0 spiro atoms. The van der Waals surface area contributed by atoms with Gasteiger partial charge in [0.1, 0.15) is 5.76 Å². The van der Waals surface area contributed by atoms with Crippen LogP contribution in [0, 0.1) is 24.0 Å². The Hall–Kier alpha value is -3.98. The van der Waals surface area contributed by atoms with Gasteiger partial charge in [0.15, 0.2) is 5.76 Å². The maximum absolute atomic E-state index is 12.9. The number of furan rings is 1. The van der Waals surface area contributed by atoms with Gasteiger partial charge in [0.2, 0.25) is 5.91 Å². The van der Waals surface area contributed by atoms with Crippen molar-refractivity contribution in [2.24, 2.45) is 0 Å². The summed E-state index contributed by atoms with van der Waals surface area (Å²) in [5.41, 5.74) is 3.55. The van der Waals surface area contributed by atoms with Crippen LogP contribution in [0.5, 0.6) is 0 Å². The number of nitrogens with zero attached hydrogens (tertiary/aromatic N) is 3. The maximum atomic E-state index is 12.9. The summed E-state index contributed by atoms with van der Waals surface area (Å²) < 4.78 is 5.73. The Morgan fingerprint density at radius 3 is 2.24 bits per heavy atom. The molecule has 2 aromatic carbocycles. The average molecular weight is 463 g/mol. The second kappa shape index (κ2) is 9.88. The molecule has 1 aliphatic rings. The molecule has 3 aromatic rings. The number of amides is 2. The van der Waals surface area contributed by atoms with Crippen molar-refractivity contribution in [3.8, 4) is 11.3 Å². The molecule has 1 aliphatic heterocycles. The molecule has 2 heterocycles. The topological polar surface area (TPSA) is 109 Å². The van der Waals surface area contributed by atoms with Gasteiger partial charge in [-0.25, -0.2) is 0 Å². The lowest BCUT2D eigenvalue weighted by Crippen LogP contribution is -2.50. The molecule has 0 bridgehead atoms. The van der Waals surface area contributed by atoms with Crippen molar-refractivity contribution < 1.29 is 18.9 Å². The molecule has 0 atom stereocenters. The molecule has 0 unspecified atom stereocenters. The zero-order valence-electron chi connectivity index (χ0n) is 19.1. The van der Waals surface area contributed by atoms with Crippen molar-refractivity contribution in [3.63, 3.8) is 0 Å². The number of carbonyl (C=O) groups excluding carboxylic acids is 2. The lowest BCUT2D eigenvalue weighted by atomic mass is 10.1. The van der Waals surface area contributed by atoms with Crippen molar-refractivity contribution in [2.45, 2.75) is 13.8 Å². The third kappa shape index (κ3) is 5.15. The van der Waals surface area contributed by atoms with E-state index in [1.54, 1.807) is 29.2 Å². The number of benzene rings is 2. The van der Waals surface area contributed by atoms with E-state index < -0.39 is 4.92 Å². The summed E-state index contributed by atoms with van der Waals surface area (Å²) in [5.74, 6) is 0.401. The van der Waals surface area contributed by atoms with Crippen molar-refractivity contribution in [1.82, 2.24) is 9.80 Å². The van der Waals surface area contributed by atoms with Gasteiger partial charge in [-0.1, -0.05) is 18.2 Å². The smallest absolute Gasteiger partial charge is 0.289 e. The van der Waals surface area contributed by atoms with Gasteiger partial charge in [-0.2, -0.15) is 0 Å². The highest BCUT2D eigenvalue weighted by Crippen LogP contribution is 2.25. The van der Waals surface area contributed by atoms with E-state index in [0.29, 0.717) is 37.5 Å². The number of anilines is 1. The predicted octanol–water partition coefficient (Wildman–Crippen LogP) is 3.87. The first-order chi connectivity index (χ1) is 16.3. The van der Waals surface area contributed by atoms with Crippen LogP contribution >= 0.6 is 0 Å². The van der Waals surface area contributed by atoms with E-state index in [1.807, 2.05) is 36.9 Å². The molecule has 1 saturated heterocycles. The van der Waals surface area contributed by atoms with Crippen LogP contribution in [0.1, 0.15) is 21.7 Å². The number of hydrogen-bond donors (Lipinski definition) is 1. The fourth-order valence-corrected chi connectivity index (χ4v) is 4.01. The van der Waals surface area contributed by atoms with Gasteiger partial charge >= 0.3 is 0 Å². The number of nitro groups is 1. The SMILES string of the molecule is Cc1cccc(C)c1NC(=O)CN1CCN(C(=O)c2ccc(-c3ccc([N+](=O)[O-])cc3)o2)CC1. The van der Waals surface area contributed by atoms with E-state index >= 15 is 0 Å². The number of nitro benzene ring substituents is 1. The maximum Gasteiger partial charge on any atom is 0.289 e. The quantitative estimate of drug-likeness (QED) is 0.440. The molecule has 2 amide bonds. The Kier molecular flexibility index (Phi) is 6.74. The fraction of sp³-hybridized carbons (Fsp3) is 0.280. The Balaban J connectivity index is 1.31. The fourth-order valence-electron chi connectivity index (χ4n) is 4.01. The predicted molar refractivity (Wildman–Crippen MR) is 128 cm³/mol. The number of piperazine rings is 1. The summed E-state index contributed by atoms with van der Waals surface area (Å²) in [6.07, 6.45) is 0. The van der Waals surface area contributed by atoms with Crippen LogP contribution in [0.25, 0.3) is 11.3 Å². The minimum Gasteiger partial charge on any atom is -0.451 e. The highest BCUT2D eigenvalue weighted by atomic mass is 16.6. The highest BCUT2D eigenvalue weighted by Gasteiger charge is 2.25. The van der Waals surface area contributed by atoms with Crippen LogP contribution in [0.2, 0.25) is 0 Å². The van der Waals surface area contributed by atoms with Gasteiger partial charge in [0.25, 0.3) is 11.6 Å². The van der Waals surface area contributed by atoms with Crippen LogP contribution < -0.4 is 5.32 Å². The van der Waals surface area contributed by atoms with Crippen LogP contribution in [0.4, 0.5) is 11.4 Å². The lowest BCUT2D eigenvalue weighted by molar-refractivity contribution is -0.384. The van der Waals surface area contributed by atoms with Gasteiger partial charge in [0.05, 0.1) is 11.5 Å². The summed E-state index contributed by atoms with van der Waals surface area (Å²) in [5, 5.41) is 13.8. The Morgan fingerprint density at radius 1 is 0.971 bits per heavy atom. The van der Waals surface area contributed by atoms with Crippen molar-refractivity contribution in [1.29, 1.82) is 0 Å². The highest BCUT2D eigenvalue weighted by molar-refractivity contribution is 5.94. The first-order valence-electron chi connectivity index (χ1n) is 11.0. The molecule has 1 N–H and O–H groups in total. The number of non-ortho nitro benzene ring substituents is 1. The third-order valence-electron chi connectivity index (χ3n) is 5.95. The largest absolute Gasteiger partial charge is 0.451 e. The Labute approximate surface area is 197 Å².